The number of hydrogen-bond donors (Lipinski definition) is 1. The summed E-state index contributed by atoms with van der Waals surface area (Å²) in [5, 5.41) is 13.2. The lowest BCUT2D eigenvalue weighted by atomic mass is 9.41. The number of carboxylic acids is 1. The van der Waals surface area contributed by atoms with E-state index in [1.54, 1.807) is 0 Å². The molecule has 30 heavy (non-hydrogen) atoms. The molecule has 4 aliphatic carbocycles. The van der Waals surface area contributed by atoms with Gasteiger partial charge in [0.25, 0.3) is 0 Å². The molecule has 1 N–H and O–H groups in total. The number of fused-ring (bicyclic) bond motifs is 1. The Morgan fingerprint density at radius 3 is 2.60 bits per heavy atom. The molecular weight excluding hydrogens is 472 g/mol. The zero-order valence-corrected chi connectivity index (χ0v) is 17.2. The summed E-state index contributed by atoms with van der Waals surface area (Å²) in [6, 6.07) is 3.92. The van der Waals surface area contributed by atoms with E-state index >= 15 is 0 Å². The zero-order valence-electron chi connectivity index (χ0n) is 15.6. The first kappa shape index (κ1) is 20.0. The Balaban J connectivity index is 1.55. The second kappa shape index (κ2) is 6.29. The number of halogens is 5. The highest BCUT2D eigenvalue weighted by Gasteiger charge is 2.73. The van der Waals surface area contributed by atoms with E-state index in [4.69, 9.17) is 4.74 Å². The molecule has 1 heterocycles. The Kier molecular flexibility index (Phi) is 4.19. The van der Waals surface area contributed by atoms with Gasteiger partial charge in [0.2, 0.25) is 0 Å². The van der Waals surface area contributed by atoms with Crippen LogP contribution < -0.4 is 0 Å². The van der Waals surface area contributed by atoms with Crippen LogP contribution in [0.2, 0.25) is 0 Å². The first-order valence-electron chi connectivity index (χ1n) is 9.59. The molecule has 6 rings (SSSR count). The Hall–Kier alpha value is -1.94. The van der Waals surface area contributed by atoms with E-state index in [2.05, 4.69) is 21.0 Å². The van der Waals surface area contributed by atoms with E-state index in [1.807, 2.05) is 0 Å². The van der Waals surface area contributed by atoms with Crippen LogP contribution in [0, 0.1) is 11.2 Å². The fraction of sp³-hybridized carbons (Fsp3) is 0.500. The molecule has 4 aliphatic rings. The highest BCUT2D eigenvalue weighted by Crippen LogP contribution is 2.70. The summed E-state index contributed by atoms with van der Waals surface area (Å²) in [6.07, 6.45) is -2.87. The zero-order chi connectivity index (χ0) is 21.5. The summed E-state index contributed by atoms with van der Waals surface area (Å²) in [5.41, 5.74) is -1.57. The molecular formula is C20H17BrF4N2O3. The van der Waals surface area contributed by atoms with Crippen molar-refractivity contribution < 1.29 is 32.2 Å². The van der Waals surface area contributed by atoms with Gasteiger partial charge < -0.3 is 9.84 Å². The predicted octanol–water partition coefficient (Wildman–Crippen LogP) is 5.19. The van der Waals surface area contributed by atoms with Gasteiger partial charge in [-0.15, -0.1) is 0 Å². The van der Waals surface area contributed by atoms with Gasteiger partial charge >= 0.3 is 12.1 Å². The maximum Gasteiger partial charge on any atom is 0.435 e. The van der Waals surface area contributed by atoms with Crippen LogP contribution in [-0.4, -0.2) is 26.5 Å². The van der Waals surface area contributed by atoms with E-state index in [0.29, 0.717) is 43.5 Å². The third kappa shape index (κ3) is 2.83. The molecule has 0 radical (unpaired) electrons. The highest BCUT2D eigenvalue weighted by molar-refractivity contribution is 9.10. The Bertz CT molecular complexity index is 1050. The smallest absolute Gasteiger partial charge is 0.435 e. The van der Waals surface area contributed by atoms with Crippen molar-refractivity contribution in [1.29, 1.82) is 0 Å². The molecule has 1 aromatic carbocycles. The van der Waals surface area contributed by atoms with Crippen molar-refractivity contribution in [3.8, 4) is 5.69 Å². The monoisotopic (exact) mass is 488 g/mol. The van der Waals surface area contributed by atoms with E-state index in [-0.39, 0.29) is 16.5 Å². The topological polar surface area (TPSA) is 64.3 Å². The minimum absolute atomic E-state index is 0.0961. The molecule has 2 aromatic rings. The van der Waals surface area contributed by atoms with E-state index < -0.39 is 40.8 Å². The van der Waals surface area contributed by atoms with Crippen molar-refractivity contribution in [2.45, 2.75) is 56.4 Å². The molecule has 0 amide bonds. The standard InChI is InChI=1S/C20H17BrF4N2O3/c21-12-6-10(4-5-13(12)22)27-15-11(16(26-27)20(23,24)25)2-1-3-14(15)30-19-7-18(8-19,9-19)17(28)29/h4-6,14H,1-3,7-9H2,(H,28,29). The van der Waals surface area contributed by atoms with Gasteiger partial charge in [-0.2, -0.15) is 18.3 Å². The maximum atomic E-state index is 13.7. The lowest BCUT2D eigenvalue weighted by Crippen LogP contribution is -2.71. The number of hydrogen-bond acceptors (Lipinski definition) is 3. The Morgan fingerprint density at radius 1 is 1.30 bits per heavy atom. The third-order valence-electron chi connectivity index (χ3n) is 6.47. The summed E-state index contributed by atoms with van der Waals surface area (Å²) in [5.74, 6) is -1.38. The van der Waals surface area contributed by atoms with Crippen LogP contribution in [0.25, 0.3) is 5.69 Å². The fourth-order valence-corrected chi connectivity index (χ4v) is 5.51. The summed E-state index contributed by atoms with van der Waals surface area (Å²) in [4.78, 5) is 11.4. The molecule has 1 unspecified atom stereocenters. The van der Waals surface area contributed by atoms with Gasteiger partial charge in [0.15, 0.2) is 5.69 Å². The van der Waals surface area contributed by atoms with Crippen LogP contribution in [0.15, 0.2) is 22.7 Å². The molecule has 1 aromatic heterocycles. The second-order valence-corrected chi connectivity index (χ2v) is 9.37. The first-order chi connectivity index (χ1) is 14.0. The van der Waals surface area contributed by atoms with Crippen LogP contribution in [0.1, 0.15) is 55.2 Å². The van der Waals surface area contributed by atoms with Crippen molar-refractivity contribution in [3.63, 3.8) is 0 Å². The van der Waals surface area contributed by atoms with Gasteiger partial charge in [-0.05, 0) is 72.7 Å². The molecule has 160 valence electrons. The summed E-state index contributed by atoms with van der Waals surface area (Å²) >= 11 is 3.07. The van der Waals surface area contributed by atoms with Crippen LogP contribution in [-0.2, 0) is 22.1 Å². The average Bonchev–Trinajstić information content (AvgIpc) is 2.99. The van der Waals surface area contributed by atoms with Crippen molar-refractivity contribution in [2.75, 3.05) is 0 Å². The quantitative estimate of drug-likeness (QED) is 0.601. The van der Waals surface area contributed by atoms with Crippen molar-refractivity contribution >= 4 is 21.9 Å². The molecule has 3 saturated carbocycles. The van der Waals surface area contributed by atoms with Gasteiger partial charge in [0.1, 0.15) is 11.9 Å². The molecule has 1 atom stereocenters. The lowest BCUT2D eigenvalue weighted by Gasteiger charge is -2.67. The van der Waals surface area contributed by atoms with Crippen LogP contribution in [0.3, 0.4) is 0 Å². The molecule has 3 fully saturated rings. The summed E-state index contributed by atoms with van der Waals surface area (Å²) in [7, 11) is 0. The number of benzene rings is 1. The van der Waals surface area contributed by atoms with Gasteiger partial charge in [0.05, 0.1) is 26.9 Å². The second-order valence-electron chi connectivity index (χ2n) is 8.52. The fourth-order valence-electron chi connectivity index (χ4n) is 5.15. The SMILES string of the molecule is O=C(O)C12CC(OC3CCCc4c(C(F)(F)F)nn(-c5ccc(F)c(Br)c5)c43)(C1)C2. The van der Waals surface area contributed by atoms with E-state index in [0.717, 1.165) is 6.07 Å². The first-order valence-corrected chi connectivity index (χ1v) is 10.4. The van der Waals surface area contributed by atoms with Crippen molar-refractivity contribution in [1.82, 2.24) is 9.78 Å². The largest absolute Gasteiger partial charge is 0.481 e. The molecule has 0 spiro atoms. The number of carbonyl (C=O) groups is 1. The van der Waals surface area contributed by atoms with Gasteiger partial charge in [-0.1, -0.05) is 0 Å². The van der Waals surface area contributed by atoms with Crippen molar-refractivity contribution in [3.05, 3.63) is 45.4 Å². The van der Waals surface area contributed by atoms with Gasteiger partial charge in [-0.25, -0.2) is 9.07 Å². The Labute approximate surface area is 177 Å². The summed E-state index contributed by atoms with van der Waals surface area (Å²) in [6.45, 7) is 0. The highest BCUT2D eigenvalue weighted by atomic mass is 79.9. The lowest BCUT2D eigenvalue weighted by molar-refractivity contribution is -0.300. The average molecular weight is 489 g/mol. The third-order valence-corrected chi connectivity index (χ3v) is 7.07. The Morgan fingerprint density at radius 2 is 2.00 bits per heavy atom. The molecule has 0 saturated heterocycles. The number of aromatic nitrogens is 2. The number of nitrogens with zero attached hydrogens (tertiary/aromatic N) is 2. The summed E-state index contributed by atoms with van der Waals surface area (Å²) < 4.78 is 62.3. The predicted molar refractivity (Wildman–Crippen MR) is 99.6 cm³/mol. The number of ether oxygens (including phenoxy) is 1. The van der Waals surface area contributed by atoms with Crippen molar-refractivity contribution in [2.24, 2.45) is 5.41 Å². The molecule has 10 heteroatoms. The van der Waals surface area contributed by atoms with Crippen LogP contribution >= 0.6 is 15.9 Å². The number of alkyl halides is 3. The van der Waals surface area contributed by atoms with Gasteiger partial charge in [-0.3, -0.25) is 4.79 Å². The van der Waals surface area contributed by atoms with E-state index in [1.165, 1.54) is 16.8 Å². The number of aliphatic carboxylic acids is 1. The number of rotatable bonds is 4. The molecule has 0 aliphatic heterocycles. The van der Waals surface area contributed by atoms with Crippen LogP contribution in [0.4, 0.5) is 17.6 Å². The van der Waals surface area contributed by atoms with Crippen LogP contribution in [0.5, 0.6) is 0 Å². The minimum Gasteiger partial charge on any atom is -0.481 e. The normalized spacial score (nSPS) is 29.7. The van der Waals surface area contributed by atoms with Gasteiger partial charge in [0, 0.05) is 5.56 Å². The minimum atomic E-state index is -4.63. The maximum absolute atomic E-state index is 13.7. The van der Waals surface area contributed by atoms with E-state index in [9.17, 15) is 27.5 Å². The molecule has 5 nitrogen and oxygen atoms in total. The number of carboxylic acid groups (broad SMARTS) is 1. The molecule has 2 bridgehead atoms.